The van der Waals surface area contributed by atoms with Crippen molar-refractivity contribution in [3.63, 3.8) is 0 Å². The molecule has 5 nitrogen and oxygen atoms in total. The van der Waals surface area contributed by atoms with Crippen LogP contribution in [0.15, 0.2) is 18.3 Å². The van der Waals surface area contributed by atoms with Crippen LogP contribution in [0.1, 0.15) is 5.56 Å². The maximum atomic E-state index is 5.67. The number of nitrogens with zero attached hydrogens (tertiary/aromatic N) is 2. The lowest BCUT2D eigenvalue weighted by atomic mass is 9.82. The predicted octanol–water partition coefficient (Wildman–Crippen LogP) is 1.19. The van der Waals surface area contributed by atoms with E-state index in [2.05, 4.69) is 16.0 Å². The number of methoxy groups -OCH3 is 2. The third kappa shape index (κ3) is 2.41. The Labute approximate surface area is 119 Å². The largest absolute Gasteiger partial charge is 0.481 e. The van der Waals surface area contributed by atoms with Crippen LogP contribution in [0.25, 0.3) is 0 Å². The number of aromatic nitrogens is 1. The standard InChI is InChI=1S/C15H22N2O3/c1-18-10-15-9-17(7-13(15)8-20-11-15)6-12-4-3-5-16-14(12)19-2/h3-5,13H,6-11H2,1-2H3/t13-,15-/m0/s1. The number of pyridine rings is 1. The van der Waals surface area contributed by atoms with Crippen molar-refractivity contribution >= 4 is 0 Å². The minimum absolute atomic E-state index is 0.171. The van der Waals surface area contributed by atoms with E-state index < -0.39 is 0 Å². The summed E-state index contributed by atoms with van der Waals surface area (Å²) in [6, 6.07) is 4.04. The number of fused-ring (bicyclic) bond motifs is 1. The van der Waals surface area contributed by atoms with Gasteiger partial charge < -0.3 is 14.2 Å². The summed E-state index contributed by atoms with van der Waals surface area (Å²) in [4.78, 5) is 6.73. The van der Waals surface area contributed by atoms with Crippen LogP contribution >= 0.6 is 0 Å². The van der Waals surface area contributed by atoms with Gasteiger partial charge in [0.05, 0.1) is 26.9 Å². The Hall–Kier alpha value is -1.17. The number of ether oxygens (including phenoxy) is 3. The molecular formula is C15H22N2O3. The van der Waals surface area contributed by atoms with Crippen LogP contribution in [-0.4, -0.2) is 57.0 Å². The van der Waals surface area contributed by atoms with Gasteiger partial charge in [-0.3, -0.25) is 4.90 Å². The van der Waals surface area contributed by atoms with Gasteiger partial charge in [-0.25, -0.2) is 4.98 Å². The normalized spacial score (nSPS) is 29.6. The molecule has 0 aromatic carbocycles. The van der Waals surface area contributed by atoms with Crippen LogP contribution in [0.5, 0.6) is 5.88 Å². The number of hydrogen-bond donors (Lipinski definition) is 0. The second-order valence-electron chi connectivity index (χ2n) is 5.85. The quantitative estimate of drug-likeness (QED) is 0.809. The molecule has 0 bridgehead atoms. The zero-order valence-corrected chi connectivity index (χ0v) is 12.2. The van der Waals surface area contributed by atoms with E-state index in [0.29, 0.717) is 5.92 Å². The topological polar surface area (TPSA) is 43.8 Å². The molecule has 3 rings (SSSR count). The molecule has 1 aromatic heterocycles. The Morgan fingerprint density at radius 1 is 1.50 bits per heavy atom. The van der Waals surface area contributed by atoms with Gasteiger partial charge in [0.25, 0.3) is 0 Å². The lowest BCUT2D eigenvalue weighted by molar-refractivity contribution is 0.0532. The summed E-state index contributed by atoms with van der Waals surface area (Å²) in [6.45, 7) is 5.39. The summed E-state index contributed by atoms with van der Waals surface area (Å²) in [6.07, 6.45) is 1.77. The molecule has 2 atom stereocenters. The van der Waals surface area contributed by atoms with Crippen LogP contribution in [0.4, 0.5) is 0 Å². The average molecular weight is 278 g/mol. The highest BCUT2D eigenvalue weighted by molar-refractivity contribution is 5.25. The van der Waals surface area contributed by atoms with E-state index in [1.165, 1.54) is 0 Å². The molecule has 3 heterocycles. The minimum atomic E-state index is 0.171. The Morgan fingerprint density at radius 3 is 3.20 bits per heavy atom. The Morgan fingerprint density at radius 2 is 2.40 bits per heavy atom. The van der Waals surface area contributed by atoms with E-state index in [4.69, 9.17) is 14.2 Å². The summed E-state index contributed by atoms with van der Waals surface area (Å²) in [5, 5.41) is 0. The molecule has 0 radical (unpaired) electrons. The molecule has 110 valence electrons. The molecule has 0 unspecified atom stereocenters. The Kier molecular flexibility index (Phi) is 3.92. The summed E-state index contributed by atoms with van der Waals surface area (Å²) in [5.74, 6) is 1.30. The van der Waals surface area contributed by atoms with E-state index in [0.717, 1.165) is 50.9 Å². The minimum Gasteiger partial charge on any atom is -0.481 e. The van der Waals surface area contributed by atoms with E-state index in [1.54, 1.807) is 20.4 Å². The van der Waals surface area contributed by atoms with Crippen molar-refractivity contribution in [2.45, 2.75) is 6.54 Å². The predicted molar refractivity (Wildman–Crippen MR) is 74.7 cm³/mol. The van der Waals surface area contributed by atoms with Gasteiger partial charge in [0.15, 0.2) is 0 Å². The van der Waals surface area contributed by atoms with Gasteiger partial charge in [0, 0.05) is 49.8 Å². The molecule has 0 amide bonds. The average Bonchev–Trinajstić information content (AvgIpc) is 2.96. The first kappa shape index (κ1) is 13.8. The molecule has 0 N–H and O–H groups in total. The summed E-state index contributed by atoms with van der Waals surface area (Å²) >= 11 is 0. The molecule has 2 aliphatic rings. The van der Waals surface area contributed by atoms with Crippen LogP contribution in [0.2, 0.25) is 0 Å². The van der Waals surface area contributed by atoms with Crippen LogP contribution < -0.4 is 4.74 Å². The molecule has 1 aromatic rings. The summed E-state index contributed by atoms with van der Waals surface area (Å²) in [7, 11) is 3.45. The van der Waals surface area contributed by atoms with Gasteiger partial charge in [0.1, 0.15) is 0 Å². The molecular weight excluding hydrogens is 256 g/mol. The fourth-order valence-corrected chi connectivity index (χ4v) is 3.52. The SMILES string of the molecule is COC[C@@]12COC[C@@H]1CN(Cc1cccnc1OC)C2. The Balaban J connectivity index is 1.71. The smallest absolute Gasteiger partial charge is 0.217 e. The number of likely N-dealkylation sites (tertiary alicyclic amines) is 1. The first-order valence-electron chi connectivity index (χ1n) is 7.04. The first-order chi connectivity index (χ1) is 9.77. The van der Waals surface area contributed by atoms with E-state index >= 15 is 0 Å². The second-order valence-corrected chi connectivity index (χ2v) is 5.85. The van der Waals surface area contributed by atoms with Gasteiger partial charge in [0.2, 0.25) is 5.88 Å². The van der Waals surface area contributed by atoms with Crippen LogP contribution in [-0.2, 0) is 16.0 Å². The second kappa shape index (κ2) is 5.68. The maximum absolute atomic E-state index is 5.67. The molecule has 0 aliphatic carbocycles. The van der Waals surface area contributed by atoms with Gasteiger partial charge in [-0.05, 0) is 6.07 Å². The fourth-order valence-electron chi connectivity index (χ4n) is 3.52. The monoisotopic (exact) mass is 278 g/mol. The summed E-state index contributed by atoms with van der Waals surface area (Å²) in [5.41, 5.74) is 1.31. The van der Waals surface area contributed by atoms with Crippen molar-refractivity contribution in [2.24, 2.45) is 11.3 Å². The lowest BCUT2D eigenvalue weighted by Gasteiger charge is -2.26. The van der Waals surface area contributed by atoms with Crippen molar-refractivity contribution in [1.82, 2.24) is 9.88 Å². The van der Waals surface area contributed by atoms with Gasteiger partial charge in [-0.2, -0.15) is 0 Å². The number of hydrogen-bond acceptors (Lipinski definition) is 5. The van der Waals surface area contributed by atoms with Gasteiger partial charge in [-0.1, -0.05) is 6.07 Å². The molecule has 0 spiro atoms. The Bertz CT molecular complexity index is 468. The zero-order valence-electron chi connectivity index (χ0n) is 12.2. The van der Waals surface area contributed by atoms with Crippen molar-refractivity contribution < 1.29 is 14.2 Å². The molecule has 0 saturated carbocycles. The third-order valence-electron chi connectivity index (χ3n) is 4.46. The van der Waals surface area contributed by atoms with Gasteiger partial charge in [-0.15, -0.1) is 0 Å². The van der Waals surface area contributed by atoms with Gasteiger partial charge >= 0.3 is 0 Å². The molecule has 2 aliphatic heterocycles. The van der Waals surface area contributed by atoms with Crippen molar-refractivity contribution in [3.8, 4) is 5.88 Å². The van der Waals surface area contributed by atoms with Crippen molar-refractivity contribution in [3.05, 3.63) is 23.9 Å². The van der Waals surface area contributed by atoms with Crippen molar-refractivity contribution in [2.75, 3.05) is 47.1 Å². The van der Waals surface area contributed by atoms with E-state index in [1.807, 2.05) is 6.07 Å². The zero-order chi connectivity index (χ0) is 14.0. The van der Waals surface area contributed by atoms with Crippen molar-refractivity contribution in [1.29, 1.82) is 0 Å². The molecule has 5 heteroatoms. The maximum Gasteiger partial charge on any atom is 0.217 e. The first-order valence-corrected chi connectivity index (χ1v) is 7.04. The third-order valence-corrected chi connectivity index (χ3v) is 4.46. The van der Waals surface area contributed by atoms with Crippen LogP contribution in [0, 0.1) is 11.3 Å². The highest BCUT2D eigenvalue weighted by atomic mass is 16.5. The summed E-state index contributed by atoms with van der Waals surface area (Å²) < 4.78 is 16.4. The molecule has 2 saturated heterocycles. The van der Waals surface area contributed by atoms with E-state index in [9.17, 15) is 0 Å². The number of rotatable bonds is 5. The molecule has 2 fully saturated rings. The highest BCUT2D eigenvalue weighted by Gasteiger charge is 2.50. The van der Waals surface area contributed by atoms with E-state index in [-0.39, 0.29) is 5.41 Å². The highest BCUT2D eigenvalue weighted by Crippen LogP contribution is 2.42. The fraction of sp³-hybridized carbons (Fsp3) is 0.667. The molecule has 20 heavy (non-hydrogen) atoms. The van der Waals surface area contributed by atoms with Crippen LogP contribution in [0.3, 0.4) is 0 Å². The lowest BCUT2D eigenvalue weighted by Crippen LogP contribution is -2.35.